The van der Waals surface area contributed by atoms with E-state index >= 15 is 0 Å². The third-order valence-corrected chi connectivity index (χ3v) is 5.06. The molecule has 3 N–H and O–H groups in total. The molecule has 1 saturated heterocycles. The molecule has 3 rings (SSSR count). The van der Waals surface area contributed by atoms with Crippen molar-refractivity contribution in [2.24, 2.45) is 0 Å². The van der Waals surface area contributed by atoms with Crippen LogP contribution in [-0.2, 0) is 4.79 Å². The number of carbonyl (C=O) groups excluding carboxylic acids is 2. The summed E-state index contributed by atoms with van der Waals surface area (Å²) >= 11 is 0. The lowest BCUT2D eigenvalue weighted by Gasteiger charge is -2.23. The van der Waals surface area contributed by atoms with Gasteiger partial charge < -0.3 is 15.5 Å². The minimum Gasteiger partial charge on any atom is -0.345 e. The van der Waals surface area contributed by atoms with Gasteiger partial charge in [-0.2, -0.15) is 0 Å². The van der Waals surface area contributed by atoms with Crippen LogP contribution in [-0.4, -0.2) is 31.4 Å². The molecule has 5 heteroatoms. The SMILES string of the molecule is C[C@@H](NC(=O)c1ccccc1NC(=O)C[NH+]1CCCCC1)c1ccccc1. The van der Waals surface area contributed by atoms with Crippen molar-refractivity contribution < 1.29 is 14.5 Å². The van der Waals surface area contributed by atoms with Crippen LogP contribution in [0, 0.1) is 0 Å². The molecule has 0 spiro atoms. The number of likely N-dealkylation sites (tertiary alicyclic amines) is 1. The fraction of sp³-hybridized carbons (Fsp3) is 0.364. The topological polar surface area (TPSA) is 62.6 Å². The first-order valence-corrected chi connectivity index (χ1v) is 9.72. The average Bonchev–Trinajstić information content (AvgIpc) is 2.69. The summed E-state index contributed by atoms with van der Waals surface area (Å²) in [7, 11) is 0. The lowest BCUT2D eigenvalue weighted by Crippen LogP contribution is -3.13. The monoisotopic (exact) mass is 366 g/mol. The minimum atomic E-state index is -0.187. The highest BCUT2D eigenvalue weighted by Crippen LogP contribution is 2.17. The van der Waals surface area contributed by atoms with E-state index in [2.05, 4.69) is 10.6 Å². The van der Waals surface area contributed by atoms with Gasteiger partial charge in [0.1, 0.15) is 0 Å². The van der Waals surface area contributed by atoms with Gasteiger partial charge in [-0.15, -0.1) is 0 Å². The normalized spacial score (nSPS) is 15.7. The van der Waals surface area contributed by atoms with Gasteiger partial charge in [-0.3, -0.25) is 9.59 Å². The smallest absolute Gasteiger partial charge is 0.279 e. The molecule has 27 heavy (non-hydrogen) atoms. The maximum atomic E-state index is 12.8. The van der Waals surface area contributed by atoms with Gasteiger partial charge in [0, 0.05) is 0 Å². The molecule has 2 amide bonds. The summed E-state index contributed by atoms with van der Waals surface area (Å²) in [4.78, 5) is 26.5. The molecule has 5 nitrogen and oxygen atoms in total. The molecule has 2 aromatic carbocycles. The Balaban J connectivity index is 1.64. The molecule has 1 aliphatic rings. The molecule has 1 fully saturated rings. The van der Waals surface area contributed by atoms with Crippen LogP contribution in [0.1, 0.15) is 48.1 Å². The molecular formula is C22H28N3O2+. The van der Waals surface area contributed by atoms with Crippen molar-refractivity contribution in [1.29, 1.82) is 0 Å². The lowest BCUT2D eigenvalue weighted by atomic mass is 10.1. The van der Waals surface area contributed by atoms with E-state index in [0.29, 0.717) is 17.8 Å². The highest BCUT2D eigenvalue weighted by Gasteiger charge is 2.20. The molecule has 2 aromatic rings. The Kier molecular flexibility index (Phi) is 6.60. The average molecular weight is 366 g/mol. The molecular weight excluding hydrogens is 338 g/mol. The van der Waals surface area contributed by atoms with Gasteiger partial charge in [0.15, 0.2) is 6.54 Å². The molecule has 0 saturated carbocycles. The van der Waals surface area contributed by atoms with Gasteiger partial charge >= 0.3 is 0 Å². The van der Waals surface area contributed by atoms with Crippen LogP contribution < -0.4 is 15.5 Å². The molecule has 0 radical (unpaired) electrons. The van der Waals surface area contributed by atoms with Gasteiger partial charge in [-0.05, 0) is 43.9 Å². The van der Waals surface area contributed by atoms with E-state index in [0.717, 1.165) is 18.7 Å². The van der Waals surface area contributed by atoms with Crippen LogP contribution >= 0.6 is 0 Å². The highest BCUT2D eigenvalue weighted by atomic mass is 16.2. The number of benzene rings is 2. The van der Waals surface area contributed by atoms with E-state index in [4.69, 9.17) is 0 Å². The maximum absolute atomic E-state index is 12.8. The minimum absolute atomic E-state index is 0.0387. The van der Waals surface area contributed by atoms with Crippen LogP contribution in [0.5, 0.6) is 0 Å². The third-order valence-electron chi connectivity index (χ3n) is 5.06. The largest absolute Gasteiger partial charge is 0.345 e. The number of quaternary nitrogens is 1. The summed E-state index contributed by atoms with van der Waals surface area (Å²) in [5.74, 6) is -0.226. The first-order valence-electron chi connectivity index (χ1n) is 9.72. The predicted octanol–water partition coefficient (Wildman–Crippen LogP) is 2.18. The van der Waals surface area contributed by atoms with Crippen LogP contribution in [0.3, 0.4) is 0 Å². The molecule has 0 unspecified atom stereocenters. The quantitative estimate of drug-likeness (QED) is 0.734. The molecule has 0 bridgehead atoms. The van der Waals surface area contributed by atoms with Gasteiger partial charge in [-0.1, -0.05) is 42.5 Å². The van der Waals surface area contributed by atoms with E-state index in [1.807, 2.05) is 49.4 Å². The Morgan fingerprint density at radius 3 is 2.37 bits per heavy atom. The molecule has 142 valence electrons. The van der Waals surface area contributed by atoms with Crippen molar-refractivity contribution in [1.82, 2.24) is 5.32 Å². The van der Waals surface area contributed by atoms with Crippen molar-refractivity contribution >= 4 is 17.5 Å². The van der Waals surface area contributed by atoms with E-state index in [9.17, 15) is 9.59 Å². The van der Waals surface area contributed by atoms with Crippen LogP contribution in [0.4, 0.5) is 5.69 Å². The summed E-state index contributed by atoms with van der Waals surface area (Å²) in [6, 6.07) is 16.9. The van der Waals surface area contributed by atoms with Gasteiger partial charge in [0.05, 0.1) is 30.4 Å². The molecule has 1 aliphatic heterocycles. The molecule has 0 aliphatic carbocycles. The number of piperidine rings is 1. The van der Waals surface area contributed by atoms with E-state index in [1.54, 1.807) is 12.1 Å². The second-order valence-corrected chi connectivity index (χ2v) is 7.19. The number of hydrogen-bond donors (Lipinski definition) is 3. The fourth-order valence-electron chi connectivity index (χ4n) is 3.54. The number of para-hydroxylation sites is 1. The summed E-state index contributed by atoms with van der Waals surface area (Å²) in [6.45, 7) is 4.50. The Hall–Kier alpha value is -2.66. The summed E-state index contributed by atoms with van der Waals surface area (Å²) in [5, 5.41) is 5.94. The van der Waals surface area contributed by atoms with Gasteiger partial charge in [-0.25, -0.2) is 0 Å². The van der Waals surface area contributed by atoms with Gasteiger partial charge in [0.2, 0.25) is 0 Å². The van der Waals surface area contributed by atoms with Crippen molar-refractivity contribution in [2.75, 3.05) is 25.0 Å². The number of hydrogen-bond acceptors (Lipinski definition) is 2. The highest BCUT2D eigenvalue weighted by molar-refractivity contribution is 6.04. The lowest BCUT2D eigenvalue weighted by molar-refractivity contribution is -0.896. The van der Waals surface area contributed by atoms with Crippen molar-refractivity contribution in [3.63, 3.8) is 0 Å². The van der Waals surface area contributed by atoms with E-state index < -0.39 is 0 Å². The summed E-state index contributed by atoms with van der Waals surface area (Å²) < 4.78 is 0. The molecule has 1 atom stereocenters. The predicted molar refractivity (Wildman–Crippen MR) is 107 cm³/mol. The van der Waals surface area contributed by atoms with Crippen molar-refractivity contribution in [3.05, 3.63) is 65.7 Å². The number of carbonyl (C=O) groups is 2. The van der Waals surface area contributed by atoms with Crippen LogP contribution in [0.25, 0.3) is 0 Å². The Labute approximate surface area is 160 Å². The zero-order valence-corrected chi connectivity index (χ0v) is 15.8. The first kappa shape index (κ1) is 19.1. The van der Waals surface area contributed by atoms with Gasteiger partial charge in [0.25, 0.3) is 11.8 Å². The Morgan fingerprint density at radius 1 is 0.963 bits per heavy atom. The standard InChI is InChI=1S/C22H27N3O2/c1-17(18-10-4-2-5-11-18)23-22(27)19-12-6-7-13-20(19)24-21(26)16-25-14-8-3-9-15-25/h2,4-7,10-13,17H,3,8-9,14-16H2,1H3,(H,23,27)(H,24,26)/p+1/t17-/m1/s1. The molecule has 0 aromatic heterocycles. The van der Waals surface area contributed by atoms with Crippen LogP contribution in [0.2, 0.25) is 0 Å². The number of amides is 2. The summed E-state index contributed by atoms with van der Waals surface area (Å²) in [5.41, 5.74) is 2.10. The molecule has 1 heterocycles. The maximum Gasteiger partial charge on any atom is 0.279 e. The zero-order valence-electron chi connectivity index (χ0n) is 15.8. The van der Waals surface area contributed by atoms with E-state index in [-0.39, 0.29) is 17.9 Å². The fourth-order valence-corrected chi connectivity index (χ4v) is 3.54. The third kappa shape index (κ3) is 5.41. The second-order valence-electron chi connectivity index (χ2n) is 7.19. The number of nitrogens with one attached hydrogen (secondary N) is 3. The first-order chi connectivity index (χ1) is 13.1. The Bertz CT molecular complexity index is 770. The van der Waals surface area contributed by atoms with Crippen molar-refractivity contribution in [3.8, 4) is 0 Å². The van der Waals surface area contributed by atoms with Crippen molar-refractivity contribution in [2.45, 2.75) is 32.2 Å². The van der Waals surface area contributed by atoms with Crippen LogP contribution in [0.15, 0.2) is 54.6 Å². The summed E-state index contributed by atoms with van der Waals surface area (Å²) in [6.07, 6.45) is 3.62. The zero-order chi connectivity index (χ0) is 19.1. The second kappa shape index (κ2) is 9.33. The number of rotatable bonds is 6. The number of anilines is 1. The van der Waals surface area contributed by atoms with E-state index in [1.165, 1.54) is 24.2 Å². The Morgan fingerprint density at radius 2 is 1.63 bits per heavy atom.